The topological polar surface area (TPSA) is 100 Å². The summed E-state index contributed by atoms with van der Waals surface area (Å²) in [6, 6.07) is 0. The van der Waals surface area contributed by atoms with E-state index in [1.165, 1.54) is 6.20 Å². The van der Waals surface area contributed by atoms with E-state index in [2.05, 4.69) is 9.97 Å². The van der Waals surface area contributed by atoms with Gasteiger partial charge in [-0.05, 0) is 22.6 Å². The van der Waals surface area contributed by atoms with Gasteiger partial charge in [0.1, 0.15) is 3.70 Å². The second-order valence-electron chi connectivity index (χ2n) is 2.00. The van der Waals surface area contributed by atoms with Gasteiger partial charge in [-0.25, -0.2) is 19.6 Å². The molecule has 1 aromatic heterocycles. The SMILES string of the molecule is O=C(O)c1ncc(I)nc1C(=O)O.[CaH2]. The molecule has 0 aliphatic carbocycles. The minimum absolute atomic E-state index is 0. The molecule has 1 rings (SSSR count). The molecule has 0 radical (unpaired) electrons. The van der Waals surface area contributed by atoms with Crippen molar-refractivity contribution in [1.82, 2.24) is 9.97 Å². The van der Waals surface area contributed by atoms with Crippen LogP contribution in [-0.4, -0.2) is 69.9 Å². The van der Waals surface area contributed by atoms with Gasteiger partial charge in [-0.1, -0.05) is 0 Å². The first-order chi connectivity index (χ1) is 6.02. The molecule has 0 bridgehead atoms. The summed E-state index contributed by atoms with van der Waals surface area (Å²) in [5.41, 5.74) is -1.09. The molecule has 0 fully saturated rings. The van der Waals surface area contributed by atoms with Gasteiger partial charge >= 0.3 is 49.7 Å². The summed E-state index contributed by atoms with van der Waals surface area (Å²) >= 11 is 1.75. The Morgan fingerprint density at radius 1 is 1.21 bits per heavy atom. The zero-order valence-electron chi connectivity index (χ0n) is 6.06. The summed E-state index contributed by atoms with van der Waals surface area (Å²) in [7, 11) is 0. The monoisotopic (exact) mass is 336 g/mol. The van der Waals surface area contributed by atoms with Gasteiger partial charge in [-0.15, -0.1) is 0 Å². The second kappa shape index (κ2) is 5.79. The van der Waals surface area contributed by atoms with E-state index < -0.39 is 23.3 Å². The zero-order valence-corrected chi connectivity index (χ0v) is 8.22. The Morgan fingerprint density at radius 2 is 1.71 bits per heavy atom. The average Bonchev–Trinajstić information content (AvgIpc) is 2.03. The van der Waals surface area contributed by atoms with E-state index in [-0.39, 0.29) is 37.7 Å². The Hall–Kier alpha value is 0.00974. The second-order valence-corrected chi connectivity index (χ2v) is 3.11. The molecule has 0 saturated heterocycles. The van der Waals surface area contributed by atoms with E-state index in [0.717, 1.165) is 0 Å². The number of aromatic nitrogens is 2. The summed E-state index contributed by atoms with van der Waals surface area (Å²) in [6.45, 7) is 0. The molecule has 0 saturated carbocycles. The third-order valence-corrected chi connectivity index (χ3v) is 1.67. The number of rotatable bonds is 2. The molecule has 1 aromatic rings. The van der Waals surface area contributed by atoms with Crippen LogP contribution < -0.4 is 0 Å². The van der Waals surface area contributed by atoms with E-state index in [9.17, 15) is 9.59 Å². The summed E-state index contributed by atoms with van der Waals surface area (Å²) in [5.74, 6) is -2.80. The molecule has 0 unspecified atom stereocenters. The van der Waals surface area contributed by atoms with E-state index >= 15 is 0 Å². The molecule has 14 heavy (non-hydrogen) atoms. The minimum atomic E-state index is -1.40. The molecule has 2 N–H and O–H groups in total. The van der Waals surface area contributed by atoms with E-state index in [4.69, 9.17) is 10.2 Å². The van der Waals surface area contributed by atoms with Crippen LogP contribution in [0.5, 0.6) is 0 Å². The number of carboxylic acids is 2. The van der Waals surface area contributed by atoms with Crippen LogP contribution >= 0.6 is 22.6 Å². The Bertz CT molecular complexity index is 384. The number of halogens is 1. The van der Waals surface area contributed by atoms with Crippen molar-refractivity contribution in [2.75, 3.05) is 0 Å². The van der Waals surface area contributed by atoms with Gasteiger partial charge in [0.25, 0.3) is 0 Å². The molecule has 72 valence electrons. The van der Waals surface area contributed by atoms with Crippen LogP contribution in [0.4, 0.5) is 0 Å². The third-order valence-electron chi connectivity index (χ3n) is 1.15. The van der Waals surface area contributed by atoms with Crippen LogP contribution in [0, 0.1) is 3.70 Å². The first kappa shape index (κ1) is 14.0. The third kappa shape index (κ3) is 3.30. The fourth-order valence-electron chi connectivity index (χ4n) is 0.673. The van der Waals surface area contributed by atoms with Crippen molar-refractivity contribution in [3.05, 3.63) is 21.3 Å². The van der Waals surface area contributed by atoms with Crippen LogP contribution in [0.3, 0.4) is 0 Å². The van der Waals surface area contributed by atoms with Gasteiger partial charge in [-0.3, -0.25) is 0 Å². The van der Waals surface area contributed by atoms with Crippen LogP contribution in [0.25, 0.3) is 0 Å². The predicted octanol–water partition coefficient (Wildman–Crippen LogP) is -0.439. The molecular formula is C6H5CaIN2O4. The van der Waals surface area contributed by atoms with Crippen LogP contribution in [0.15, 0.2) is 6.20 Å². The maximum atomic E-state index is 10.5. The molecule has 0 aromatic carbocycles. The molecule has 1 heterocycles. The molecule has 0 atom stereocenters. The molecule has 6 nitrogen and oxygen atoms in total. The number of hydrogen-bond acceptors (Lipinski definition) is 4. The maximum absolute atomic E-state index is 10.5. The fourth-order valence-corrected chi connectivity index (χ4v) is 1.05. The summed E-state index contributed by atoms with van der Waals surface area (Å²) < 4.78 is 0.333. The predicted molar refractivity (Wildman–Crippen MR) is 57.2 cm³/mol. The van der Waals surface area contributed by atoms with Crippen molar-refractivity contribution in [1.29, 1.82) is 0 Å². The number of hydrogen-bond donors (Lipinski definition) is 2. The Kier molecular flexibility index (Phi) is 5.79. The quantitative estimate of drug-likeness (QED) is 0.561. The van der Waals surface area contributed by atoms with Gasteiger partial charge in [0.05, 0.1) is 6.20 Å². The molecule has 0 amide bonds. The fraction of sp³-hybridized carbons (Fsp3) is 0. The van der Waals surface area contributed by atoms with Crippen molar-refractivity contribution in [3.8, 4) is 0 Å². The first-order valence-corrected chi connectivity index (χ1v) is 4.09. The zero-order chi connectivity index (χ0) is 10.0. The van der Waals surface area contributed by atoms with Crippen molar-refractivity contribution in [2.24, 2.45) is 0 Å². The van der Waals surface area contributed by atoms with Crippen LogP contribution in [0.2, 0.25) is 0 Å². The van der Waals surface area contributed by atoms with Crippen molar-refractivity contribution < 1.29 is 19.8 Å². The number of aromatic carboxylic acids is 2. The van der Waals surface area contributed by atoms with Crippen molar-refractivity contribution in [3.63, 3.8) is 0 Å². The standard InChI is InChI=1S/C6H3IN2O4.Ca.2H/c7-2-1-8-3(5(10)11)4(9-2)6(12)13;;;/h1H,(H,10,11)(H,12,13);;;. The Morgan fingerprint density at radius 3 is 2.14 bits per heavy atom. The van der Waals surface area contributed by atoms with E-state index in [1.54, 1.807) is 22.6 Å². The molecule has 0 aliphatic rings. The van der Waals surface area contributed by atoms with E-state index in [0.29, 0.717) is 3.70 Å². The van der Waals surface area contributed by atoms with Crippen molar-refractivity contribution in [2.45, 2.75) is 0 Å². The van der Waals surface area contributed by atoms with Gasteiger partial charge < -0.3 is 10.2 Å². The Labute approximate surface area is 122 Å². The number of nitrogens with zero attached hydrogens (tertiary/aromatic N) is 2. The van der Waals surface area contributed by atoms with Crippen LogP contribution in [0.1, 0.15) is 21.0 Å². The number of carbonyl (C=O) groups is 2. The molecule has 0 aliphatic heterocycles. The number of carboxylic acid groups (broad SMARTS) is 2. The van der Waals surface area contributed by atoms with Gasteiger partial charge in [0.2, 0.25) is 0 Å². The summed E-state index contributed by atoms with van der Waals surface area (Å²) in [4.78, 5) is 28.0. The normalized spacial score (nSPS) is 8.93. The summed E-state index contributed by atoms with van der Waals surface area (Å²) in [6.07, 6.45) is 1.19. The van der Waals surface area contributed by atoms with Crippen molar-refractivity contribution >= 4 is 72.3 Å². The Balaban J connectivity index is 0.00000169. The molecule has 8 heteroatoms. The molecular weight excluding hydrogens is 331 g/mol. The van der Waals surface area contributed by atoms with Gasteiger partial charge in [0.15, 0.2) is 11.4 Å². The van der Waals surface area contributed by atoms with Gasteiger partial charge in [0, 0.05) is 0 Å². The first-order valence-electron chi connectivity index (χ1n) is 3.01. The summed E-state index contributed by atoms with van der Waals surface area (Å²) in [5, 5.41) is 17.1. The van der Waals surface area contributed by atoms with Gasteiger partial charge in [-0.2, -0.15) is 0 Å². The average molecular weight is 336 g/mol. The van der Waals surface area contributed by atoms with Crippen LogP contribution in [-0.2, 0) is 0 Å². The molecule has 0 spiro atoms. The van der Waals surface area contributed by atoms with E-state index in [1.807, 2.05) is 0 Å².